The van der Waals surface area contributed by atoms with Gasteiger partial charge >= 0.3 is 0 Å². The molecule has 92 valence electrons. The molecule has 3 heteroatoms. The molecule has 0 bridgehead atoms. The third kappa shape index (κ3) is 2.97. The molecule has 0 saturated carbocycles. The van der Waals surface area contributed by atoms with Crippen molar-refractivity contribution in [1.82, 2.24) is 9.80 Å². The molecule has 0 amide bonds. The molecule has 0 spiro atoms. The number of nitrogens with zero attached hydrogens (tertiary/aromatic N) is 2. The van der Waals surface area contributed by atoms with Gasteiger partial charge in [-0.2, -0.15) is 0 Å². The van der Waals surface area contributed by atoms with E-state index in [1.807, 2.05) is 0 Å². The standard InChI is InChI=1S/C13H25N3/c1-12(11-15-8-4-2-5-9-15)16-10-6-3-7-13(16)14/h12,14H,2-11H2,1H3. The summed E-state index contributed by atoms with van der Waals surface area (Å²) in [5.74, 6) is 0.871. The van der Waals surface area contributed by atoms with Gasteiger partial charge in [0, 0.05) is 25.6 Å². The maximum absolute atomic E-state index is 8.00. The number of nitrogens with one attached hydrogen (secondary N) is 1. The zero-order chi connectivity index (χ0) is 11.4. The number of rotatable bonds is 3. The van der Waals surface area contributed by atoms with Crippen molar-refractivity contribution in [1.29, 1.82) is 5.41 Å². The molecule has 1 N–H and O–H groups in total. The van der Waals surface area contributed by atoms with Crippen LogP contribution in [0.4, 0.5) is 0 Å². The van der Waals surface area contributed by atoms with Gasteiger partial charge in [-0.1, -0.05) is 6.42 Å². The summed E-state index contributed by atoms with van der Waals surface area (Å²) < 4.78 is 0. The highest BCUT2D eigenvalue weighted by molar-refractivity contribution is 5.80. The van der Waals surface area contributed by atoms with E-state index in [-0.39, 0.29) is 0 Å². The largest absolute Gasteiger partial charge is 0.357 e. The van der Waals surface area contributed by atoms with Gasteiger partial charge in [-0.05, 0) is 45.7 Å². The summed E-state index contributed by atoms with van der Waals surface area (Å²) in [7, 11) is 0. The second-order valence-electron chi connectivity index (χ2n) is 5.31. The minimum absolute atomic E-state index is 0.533. The van der Waals surface area contributed by atoms with Crippen molar-refractivity contribution < 1.29 is 0 Å². The van der Waals surface area contributed by atoms with Gasteiger partial charge in [0.1, 0.15) is 0 Å². The Balaban J connectivity index is 1.81. The Labute approximate surface area is 99.3 Å². The topological polar surface area (TPSA) is 30.3 Å². The lowest BCUT2D eigenvalue weighted by Crippen LogP contribution is -2.48. The van der Waals surface area contributed by atoms with Crippen LogP contribution in [-0.2, 0) is 0 Å². The molecular formula is C13H25N3. The van der Waals surface area contributed by atoms with E-state index >= 15 is 0 Å². The molecule has 2 fully saturated rings. The predicted octanol–water partition coefficient (Wildman–Crippen LogP) is 2.32. The van der Waals surface area contributed by atoms with Crippen LogP contribution in [0.1, 0.15) is 45.4 Å². The van der Waals surface area contributed by atoms with E-state index in [1.54, 1.807) is 0 Å². The molecule has 2 saturated heterocycles. The summed E-state index contributed by atoms with van der Waals surface area (Å²) >= 11 is 0. The summed E-state index contributed by atoms with van der Waals surface area (Å²) in [5.41, 5.74) is 0. The molecule has 2 aliphatic rings. The molecule has 1 unspecified atom stereocenters. The summed E-state index contributed by atoms with van der Waals surface area (Å²) in [4.78, 5) is 4.90. The Kier molecular flexibility index (Phi) is 4.22. The minimum Gasteiger partial charge on any atom is -0.357 e. The zero-order valence-corrected chi connectivity index (χ0v) is 10.5. The van der Waals surface area contributed by atoms with Gasteiger partial charge in [-0.3, -0.25) is 5.41 Å². The normalized spacial score (nSPS) is 25.8. The molecule has 2 aliphatic heterocycles. The first-order valence-corrected chi connectivity index (χ1v) is 6.84. The summed E-state index contributed by atoms with van der Waals surface area (Å²) in [6, 6.07) is 0.533. The van der Waals surface area contributed by atoms with Crippen molar-refractivity contribution in [3.05, 3.63) is 0 Å². The molecular weight excluding hydrogens is 198 g/mol. The highest BCUT2D eigenvalue weighted by atomic mass is 15.2. The van der Waals surface area contributed by atoms with Crippen molar-refractivity contribution in [3.8, 4) is 0 Å². The summed E-state index contributed by atoms with van der Waals surface area (Å²) in [6.45, 7) is 7.09. The number of hydrogen-bond acceptors (Lipinski definition) is 2. The quantitative estimate of drug-likeness (QED) is 0.796. The van der Waals surface area contributed by atoms with Crippen LogP contribution in [0.25, 0.3) is 0 Å². The predicted molar refractivity (Wildman–Crippen MR) is 68.0 cm³/mol. The van der Waals surface area contributed by atoms with Crippen molar-refractivity contribution in [3.63, 3.8) is 0 Å². The van der Waals surface area contributed by atoms with E-state index in [0.29, 0.717) is 6.04 Å². The van der Waals surface area contributed by atoms with E-state index in [1.165, 1.54) is 45.2 Å². The highest BCUT2D eigenvalue weighted by Crippen LogP contribution is 2.16. The van der Waals surface area contributed by atoms with Crippen LogP contribution in [-0.4, -0.2) is 47.9 Å². The first kappa shape index (κ1) is 11.9. The third-order valence-electron chi connectivity index (χ3n) is 3.91. The van der Waals surface area contributed by atoms with E-state index in [4.69, 9.17) is 5.41 Å². The second-order valence-corrected chi connectivity index (χ2v) is 5.31. The molecule has 0 aliphatic carbocycles. The van der Waals surface area contributed by atoms with Crippen LogP contribution in [0.15, 0.2) is 0 Å². The Morgan fingerprint density at radius 3 is 2.44 bits per heavy atom. The van der Waals surface area contributed by atoms with E-state index < -0.39 is 0 Å². The van der Waals surface area contributed by atoms with Crippen molar-refractivity contribution in [2.24, 2.45) is 0 Å². The van der Waals surface area contributed by atoms with Crippen LogP contribution >= 0.6 is 0 Å². The molecule has 1 atom stereocenters. The van der Waals surface area contributed by atoms with Crippen molar-refractivity contribution in [2.45, 2.75) is 51.5 Å². The SMILES string of the molecule is CC(CN1CCCCC1)N1CCCCC1=N. The van der Waals surface area contributed by atoms with E-state index in [0.717, 1.165) is 25.3 Å². The maximum Gasteiger partial charge on any atom is 0.0960 e. The smallest absolute Gasteiger partial charge is 0.0960 e. The number of likely N-dealkylation sites (tertiary alicyclic amines) is 2. The number of piperidine rings is 2. The molecule has 0 aromatic rings. The van der Waals surface area contributed by atoms with Gasteiger partial charge in [0.05, 0.1) is 5.84 Å². The lowest BCUT2D eigenvalue weighted by atomic mass is 10.1. The van der Waals surface area contributed by atoms with Crippen LogP contribution < -0.4 is 0 Å². The molecule has 0 aromatic heterocycles. The van der Waals surface area contributed by atoms with Gasteiger partial charge < -0.3 is 9.80 Å². The third-order valence-corrected chi connectivity index (χ3v) is 3.91. The Morgan fingerprint density at radius 2 is 1.75 bits per heavy atom. The highest BCUT2D eigenvalue weighted by Gasteiger charge is 2.22. The molecule has 0 aromatic carbocycles. The van der Waals surface area contributed by atoms with Gasteiger partial charge in [-0.25, -0.2) is 0 Å². The zero-order valence-electron chi connectivity index (χ0n) is 10.5. The van der Waals surface area contributed by atoms with Crippen LogP contribution in [0.2, 0.25) is 0 Å². The maximum atomic E-state index is 8.00. The van der Waals surface area contributed by atoms with Gasteiger partial charge in [0.2, 0.25) is 0 Å². The van der Waals surface area contributed by atoms with Gasteiger partial charge in [-0.15, -0.1) is 0 Å². The van der Waals surface area contributed by atoms with Crippen LogP contribution in [0.5, 0.6) is 0 Å². The van der Waals surface area contributed by atoms with Crippen molar-refractivity contribution in [2.75, 3.05) is 26.2 Å². The van der Waals surface area contributed by atoms with Crippen LogP contribution in [0.3, 0.4) is 0 Å². The molecule has 16 heavy (non-hydrogen) atoms. The molecule has 2 heterocycles. The fourth-order valence-corrected chi connectivity index (χ4v) is 2.95. The van der Waals surface area contributed by atoms with Crippen molar-refractivity contribution >= 4 is 5.84 Å². The average molecular weight is 223 g/mol. The monoisotopic (exact) mass is 223 g/mol. The molecule has 3 nitrogen and oxygen atoms in total. The Bertz CT molecular complexity index is 233. The first-order valence-electron chi connectivity index (χ1n) is 6.84. The summed E-state index contributed by atoms with van der Waals surface area (Å²) in [5, 5.41) is 8.00. The van der Waals surface area contributed by atoms with Gasteiger partial charge in [0.25, 0.3) is 0 Å². The summed E-state index contributed by atoms with van der Waals surface area (Å²) in [6.07, 6.45) is 7.61. The Hall–Kier alpha value is -0.570. The van der Waals surface area contributed by atoms with Gasteiger partial charge in [0.15, 0.2) is 0 Å². The second kappa shape index (κ2) is 5.67. The minimum atomic E-state index is 0.533. The first-order chi connectivity index (χ1) is 7.77. The average Bonchev–Trinajstić information content (AvgIpc) is 2.31. The lowest BCUT2D eigenvalue weighted by molar-refractivity contribution is 0.169. The number of amidine groups is 1. The number of hydrogen-bond donors (Lipinski definition) is 1. The van der Waals surface area contributed by atoms with Crippen LogP contribution in [0, 0.1) is 5.41 Å². The Morgan fingerprint density at radius 1 is 1.06 bits per heavy atom. The fraction of sp³-hybridized carbons (Fsp3) is 0.923. The molecule has 2 rings (SSSR count). The van der Waals surface area contributed by atoms with E-state index in [2.05, 4.69) is 16.7 Å². The fourth-order valence-electron chi connectivity index (χ4n) is 2.95. The lowest BCUT2D eigenvalue weighted by Gasteiger charge is -2.38. The van der Waals surface area contributed by atoms with E-state index in [9.17, 15) is 0 Å². The molecule has 0 radical (unpaired) electrons.